The Kier molecular flexibility index (Phi) is 2.59. The van der Waals surface area contributed by atoms with E-state index in [1.54, 1.807) is 4.90 Å². The Morgan fingerprint density at radius 2 is 2.06 bits per heavy atom. The number of nitrogens with two attached hydrogens (primary N) is 2. The zero-order valence-corrected chi connectivity index (χ0v) is 9.66. The average molecular weight is 219 g/mol. The molecule has 1 saturated heterocycles. The maximum Gasteiger partial charge on any atom is 0.228 e. The Bertz CT molecular complexity index is 442. The third-order valence-corrected chi connectivity index (χ3v) is 2.96. The van der Waals surface area contributed by atoms with Crippen LogP contribution in [0.4, 0.5) is 11.4 Å². The van der Waals surface area contributed by atoms with Gasteiger partial charge in [-0.15, -0.1) is 0 Å². The highest BCUT2D eigenvalue weighted by atomic mass is 16.2. The quantitative estimate of drug-likeness (QED) is 0.691. The van der Waals surface area contributed by atoms with E-state index in [-0.39, 0.29) is 11.9 Å². The molecular weight excluding hydrogens is 202 g/mol. The van der Waals surface area contributed by atoms with Crippen LogP contribution < -0.4 is 16.4 Å². The van der Waals surface area contributed by atoms with Crippen molar-refractivity contribution in [3.8, 4) is 0 Å². The molecule has 1 aliphatic heterocycles. The molecule has 1 heterocycles. The van der Waals surface area contributed by atoms with Gasteiger partial charge < -0.3 is 16.4 Å². The highest BCUT2D eigenvalue weighted by molar-refractivity contribution is 5.99. The predicted molar refractivity (Wildman–Crippen MR) is 65.3 cm³/mol. The van der Waals surface area contributed by atoms with Crippen molar-refractivity contribution < 1.29 is 4.79 Å². The second-order valence-corrected chi connectivity index (χ2v) is 4.48. The fourth-order valence-corrected chi connectivity index (χ4v) is 2.15. The van der Waals surface area contributed by atoms with Gasteiger partial charge in [-0.25, -0.2) is 0 Å². The number of benzene rings is 1. The molecule has 1 fully saturated rings. The van der Waals surface area contributed by atoms with Crippen molar-refractivity contribution in [2.45, 2.75) is 26.3 Å². The summed E-state index contributed by atoms with van der Waals surface area (Å²) < 4.78 is 0. The van der Waals surface area contributed by atoms with E-state index in [0.717, 1.165) is 16.8 Å². The maximum absolute atomic E-state index is 11.8. The van der Waals surface area contributed by atoms with Crippen molar-refractivity contribution in [1.29, 1.82) is 0 Å². The van der Waals surface area contributed by atoms with Gasteiger partial charge in [0.1, 0.15) is 0 Å². The highest BCUT2D eigenvalue weighted by Crippen LogP contribution is 2.30. The molecule has 1 atom stereocenters. The smallest absolute Gasteiger partial charge is 0.228 e. The molecule has 1 unspecified atom stereocenters. The van der Waals surface area contributed by atoms with Gasteiger partial charge in [-0.1, -0.05) is 6.07 Å². The van der Waals surface area contributed by atoms with Crippen molar-refractivity contribution in [2.24, 2.45) is 5.73 Å². The first-order valence-corrected chi connectivity index (χ1v) is 5.41. The summed E-state index contributed by atoms with van der Waals surface area (Å²) in [5, 5.41) is 0. The largest absolute Gasteiger partial charge is 0.397 e. The molecule has 4 nitrogen and oxygen atoms in total. The molecular formula is C12H17N3O. The molecule has 1 aromatic carbocycles. The van der Waals surface area contributed by atoms with E-state index >= 15 is 0 Å². The van der Waals surface area contributed by atoms with Crippen LogP contribution in [0.15, 0.2) is 12.1 Å². The molecule has 0 saturated carbocycles. The van der Waals surface area contributed by atoms with Crippen molar-refractivity contribution >= 4 is 17.3 Å². The fourth-order valence-electron chi connectivity index (χ4n) is 2.15. The zero-order valence-electron chi connectivity index (χ0n) is 9.66. The lowest BCUT2D eigenvalue weighted by Crippen LogP contribution is -2.28. The molecule has 0 spiro atoms. The monoisotopic (exact) mass is 219 g/mol. The first-order chi connectivity index (χ1) is 7.49. The summed E-state index contributed by atoms with van der Waals surface area (Å²) in [5.74, 6) is 0.0594. The van der Waals surface area contributed by atoms with Gasteiger partial charge in [0.15, 0.2) is 0 Å². The van der Waals surface area contributed by atoms with E-state index in [2.05, 4.69) is 0 Å². The molecule has 0 radical (unpaired) electrons. The van der Waals surface area contributed by atoms with Crippen LogP contribution in [0.3, 0.4) is 0 Å². The van der Waals surface area contributed by atoms with Gasteiger partial charge in [-0.2, -0.15) is 0 Å². The van der Waals surface area contributed by atoms with Crippen LogP contribution in [0.5, 0.6) is 0 Å². The number of anilines is 2. The molecule has 4 heteroatoms. The Morgan fingerprint density at radius 3 is 2.62 bits per heavy atom. The number of hydrogen-bond donors (Lipinski definition) is 2. The SMILES string of the molecule is Cc1cc(C)c(N)c(N2CC(N)CC2=O)c1. The van der Waals surface area contributed by atoms with Crippen LogP contribution in [0.2, 0.25) is 0 Å². The Hall–Kier alpha value is -1.55. The van der Waals surface area contributed by atoms with E-state index in [4.69, 9.17) is 11.5 Å². The number of amides is 1. The number of nitrogen functional groups attached to an aromatic ring is 1. The van der Waals surface area contributed by atoms with E-state index < -0.39 is 0 Å². The molecule has 0 aromatic heterocycles. The van der Waals surface area contributed by atoms with Gasteiger partial charge in [0, 0.05) is 19.0 Å². The van der Waals surface area contributed by atoms with E-state index in [1.165, 1.54) is 0 Å². The molecule has 86 valence electrons. The number of rotatable bonds is 1. The van der Waals surface area contributed by atoms with E-state index in [0.29, 0.717) is 18.7 Å². The third-order valence-electron chi connectivity index (χ3n) is 2.96. The van der Waals surface area contributed by atoms with Crippen LogP contribution in [0.25, 0.3) is 0 Å². The summed E-state index contributed by atoms with van der Waals surface area (Å²) in [6, 6.07) is 3.88. The van der Waals surface area contributed by atoms with Crippen LogP contribution in [0.1, 0.15) is 17.5 Å². The minimum absolute atomic E-state index is 0.0594. The third kappa shape index (κ3) is 1.76. The summed E-state index contributed by atoms with van der Waals surface area (Å²) in [7, 11) is 0. The van der Waals surface area contributed by atoms with Crippen molar-refractivity contribution in [2.75, 3.05) is 17.2 Å². The lowest BCUT2D eigenvalue weighted by molar-refractivity contribution is -0.117. The summed E-state index contributed by atoms with van der Waals surface area (Å²) in [4.78, 5) is 13.4. The number of hydrogen-bond acceptors (Lipinski definition) is 3. The lowest BCUT2D eigenvalue weighted by Gasteiger charge is -2.20. The second-order valence-electron chi connectivity index (χ2n) is 4.48. The zero-order chi connectivity index (χ0) is 11.9. The van der Waals surface area contributed by atoms with Crippen LogP contribution >= 0.6 is 0 Å². The van der Waals surface area contributed by atoms with Crippen molar-refractivity contribution in [3.05, 3.63) is 23.3 Å². The number of nitrogens with zero attached hydrogens (tertiary/aromatic N) is 1. The predicted octanol–water partition coefficient (Wildman–Crippen LogP) is 0.950. The fraction of sp³-hybridized carbons (Fsp3) is 0.417. The molecule has 16 heavy (non-hydrogen) atoms. The van der Waals surface area contributed by atoms with Crippen LogP contribution in [-0.2, 0) is 4.79 Å². The second kappa shape index (κ2) is 3.79. The average Bonchev–Trinajstić information content (AvgIpc) is 2.51. The van der Waals surface area contributed by atoms with Gasteiger partial charge in [0.05, 0.1) is 11.4 Å². The van der Waals surface area contributed by atoms with Crippen LogP contribution in [0, 0.1) is 13.8 Å². The highest BCUT2D eigenvalue weighted by Gasteiger charge is 2.29. The molecule has 0 aliphatic carbocycles. The Labute approximate surface area is 95.2 Å². The standard InChI is InChI=1S/C12H17N3O/c1-7-3-8(2)12(14)10(4-7)15-6-9(13)5-11(15)16/h3-4,9H,5-6,13-14H2,1-2H3. The minimum Gasteiger partial charge on any atom is -0.397 e. The minimum atomic E-state index is -0.0762. The van der Waals surface area contributed by atoms with Gasteiger partial charge >= 0.3 is 0 Å². The molecule has 4 N–H and O–H groups in total. The summed E-state index contributed by atoms with van der Waals surface area (Å²) in [6.45, 7) is 4.51. The summed E-state index contributed by atoms with van der Waals surface area (Å²) in [6.07, 6.45) is 0.409. The van der Waals surface area contributed by atoms with Gasteiger partial charge in [-0.05, 0) is 31.0 Å². The normalized spacial score (nSPS) is 20.6. The van der Waals surface area contributed by atoms with E-state index in [1.807, 2.05) is 26.0 Å². The number of carbonyl (C=O) groups excluding carboxylic acids is 1. The topological polar surface area (TPSA) is 72.3 Å². The molecule has 1 amide bonds. The molecule has 0 bridgehead atoms. The Morgan fingerprint density at radius 1 is 1.38 bits per heavy atom. The van der Waals surface area contributed by atoms with Gasteiger partial charge in [0.25, 0.3) is 0 Å². The van der Waals surface area contributed by atoms with E-state index in [9.17, 15) is 4.79 Å². The molecule has 2 rings (SSSR count). The summed E-state index contributed by atoms with van der Waals surface area (Å²) in [5.41, 5.74) is 15.4. The first-order valence-electron chi connectivity index (χ1n) is 5.41. The molecule has 1 aliphatic rings. The lowest BCUT2D eigenvalue weighted by atomic mass is 10.1. The van der Waals surface area contributed by atoms with Crippen molar-refractivity contribution in [1.82, 2.24) is 0 Å². The Balaban J connectivity index is 2.44. The number of carbonyl (C=O) groups is 1. The van der Waals surface area contributed by atoms with Crippen molar-refractivity contribution in [3.63, 3.8) is 0 Å². The van der Waals surface area contributed by atoms with Crippen LogP contribution in [-0.4, -0.2) is 18.5 Å². The number of aryl methyl sites for hydroxylation is 2. The van der Waals surface area contributed by atoms with Gasteiger partial charge in [-0.3, -0.25) is 4.79 Å². The summed E-state index contributed by atoms with van der Waals surface area (Å²) >= 11 is 0. The maximum atomic E-state index is 11.8. The van der Waals surface area contributed by atoms with Gasteiger partial charge in [0.2, 0.25) is 5.91 Å². The first kappa shape index (κ1) is 11.0. The molecule has 1 aromatic rings.